The van der Waals surface area contributed by atoms with Gasteiger partial charge in [-0.25, -0.2) is 0 Å². The first kappa shape index (κ1) is 18.1. The molecule has 0 bridgehead atoms. The van der Waals surface area contributed by atoms with Crippen molar-refractivity contribution in [3.63, 3.8) is 0 Å². The van der Waals surface area contributed by atoms with Gasteiger partial charge in [-0.15, -0.1) is 0 Å². The van der Waals surface area contributed by atoms with Gasteiger partial charge in [0.25, 0.3) is 0 Å². The molecule has 0 heterocycles. The van der Waals surface area contributed by atoms with Gasteiger partial charge in [0.05, 0.1) is 0 Å². The fourth-order valence-corrected chi connectivity index (χ4v) is 2.35. The second kappa shape index (κ2) is 6.87. The number of phenolic OH excluding ortho intramolecular Hbond substituents is 1. The van der Waals surface area contributed by atoms with E-state index < -0.39 is 0 Å². The van der Waals surface area contributed by atoms with Gasteiger partial charge in [0.15, 0.2) is 0 Å². The summed E-state index contributed by atoms with van der Waals surface area (Å²) in [4.78, 5) is 4.43. The Bertz CT molecular complexity index is 507. The molecule has 1 rings (SSSR count). The van der Waals surface area contributed by atoms with Crippen LogP contribution in [0.4, 0.5) is 0 Å². The predicted octanol–water partition coefficient (Wildman–Crippen LogP) is 4.77. The third-order valence-electron chi connectivity index (χ3n) is 3.47. The Labute approximate surface area is 134 Å². The van der Waals surface area contributed by atoms with E-state index in [0.717, 1.165) is 23.4 Å². The van der Waals surface area contributed by atoms with E-state index in [1.54, 1.807) is 11.8 Å². The highest BCUT2D eigenvalue weighted by atomic mass is 32.2. The molecule has 2 nitrogen and oxygen atoms in total. The van der Waals surface area contributed by atoms with Crippen LogP contribution in [-0.4, -0.2) is 29.9 Å². The minimum atomic E-state index is -0.0901. The van der Waals surface area contributed by atoms with Gasteiger partial charge in [-0.05, 0) is 28.7 Å². The molecule has 0 aliphatic heterocycles. The summed E-state index contributed by atoms with van der Waals surface area (Å²) in [5.74, 6) is 1.37. The van der Waals surface area contributed by atoms with Gasteiger partial charge in [0, 0.05) is 29.6 Å². The second-order valence-corrected chi connectivity index (χ2v) is 8.48. The van der Waals surface area contributed by atoms with Crippen molar-refractivity contribution in [1.29, 1.82) is 0 Å². The molecule has 0 aliphatic carbocycles. The summed E-state index contributed by atoms with van der Waals surface area (Å²) in [5.41, 5.74) is 3.01. The maximum atomic E-state index is 10.6. The largest absolute Gasteiger partial charge is 0.507 e. The van der Waals surface area contributed by atoms with Crippen molar-refractivity contribution < 1.29 is 5.11 Å². The molecular weight excluding hydrogens is 278 g/mol. The molecule has 1 N–H and O–H groups in total. The third kappa shape index (κ3) is 5.06. The van der Waals surface area contributed by atoms with Crippen LogP contribution in [0.25, 0.3) is 0 Å². The molecule has 0 spiro atoms. The average Bonchev–Trinajstić information content (AvgIpc) is 2.33. The number of hydrogen-bond acceptors (Lipinski definition) is 3. The first-order valence-electron chi connectivity index (χ1n) is 7.44. The minimum Gasteiger partial charge on any atom is -0.507 e. The van der Waals surface area contributed by atoms with Crippen molar-refractivity contribution in [2.75, 3.05) is 18.6 Å². The Kier molecular flexibility index (Phi) is 5.92. The summed E-state index contributed by atoms with van der Waals surface area (Å²) in [6.07, 6.45) is 3.89. The Balaban J connectivity index is 3.32. The summed E-state index contributed by atoms with van der Waals surface area (Å²) >= 11 is 1.78. The number of rotatable bonds is 4. The zero-order chi connectivity index (χ0) is 16.3. The van der Waals surface area contributed by atoms with Crippen LogP contribution >= 0.6 is 11.8 Å². The summed E-state index contributed by atoms with van der Waals surface area (Å²) in [6.45, 7) is 13.8. The van der Waals surface area contributed by atoms with Gasteiger partial charge in [-0.2, -0.15) is 11.8 Å². The molecular formula is C18H29NOS. The van der Waals surface area contributed by atoms with Crippen LogP contribution < -0.4 is 0 Å². The summed E-state index contributed by atoms with van der Waals surface area (Å²) < 4.78 is 0. The maximum absolute atomic E-state index is 10.6. The zero-order valence-corrected chi connectivity index (χ0v) is 15.3. The molecule has 3 heteroatoms. The number of benzene rings is 1. The van der Waals surface area contributed by atoms with Crippen molar-refractivity contribution >= 4 is 18.0 Å². The number of hydrogen-bond donors (Lipinski definition) is 1. The van der Waals surface area contributed by atoms with E-state index in [1.165, 1.54) is 5.56 Å². The Morgan fingerprint density at radius 1 is 1.10 bits per heavy atom. The lowest BCUT2D eigenvalue weighted by atomic mass is 9.79. The minimum absolute atomic E-state index is 0.0512. The summed E-state index contributed by atoms with van der Waals surface area (Å²) in [5, 5.41) is 10.6. The van der Waals surface area contributed by atoms with E-state index in [4.69, 9.17) is 0 Å². The van der Waals surface area contributed by atoms with E-state index in [1.807, 2.05) is 6.21 Å². The lowest BCUT2D eigenvalue weighted by Gasteiger charge is -2.26. The fraction of sp³-hybridized carbons (Fsp3) is 0.611. The van der Waals surface area contributed by atoms with Crippen LogP contribution in [-0.2, 0) is 10.8 Å². The summed E-state index contributed by atoms with van der Waals surface area (Å²) in [7, 11) is 0. The molecule has 1 aromatic carbocycles. The lowest BCUT2D eigenvalue weighted by molar-refractivity contribution is 0.444. The van der Waals surface area contributed by atoms with Crippen molar-refractivity contribution in [2.24, 2.45) is 4.99 Å². The molecule has 0 fully saturated rings. The molecule has 0 amide bonds. The molecule has 21 heavy (non-hydrogen) atoms. The average molecular weight is 308 g/mol. The van der Waals surface area contributed by atoms with Crippen LogP contribution in [0.2, 0.25) is 0 Å². The summed E-state index contributed by atoms with van der Waals surface area (Å²) in [6, 6.07) is 4.20. The van der Waals surface area contributed by atoms with Crippen LogP contribution in [0, 0.1) is 0 Å². The van der Waals surface area contributed by atoms with E-state index >= 15 is 0 Å². The topological polar surface area (TPSA) is 32.6 Å². The number of aromatic hydroxyl groups is 1. The van der Waals surface area contributed by atoms with E-state index in [2.05, 4.69) is 64.9 Å². The first-order valence-corrected chi connectivity index (χ1v) is 8.83. The van der Waals surface area contributed by atoms with Gasteiger partial charge in [0.2, 0.25) is 0 Å². The standard InChI is InChI=1S/C18H29NOS/c1-17(2,3)14-10-13(12-19-8-9-21-7)16(20)15(11-14)18(4,5)6/h10-12,20H,8-9H2,1-7H3. The number of aliphatic imine (C=N–C) groups is 1. The third-order valence-corrected chi connectivity index (χ3v) is 4.06. The molecule has 1 aromatic rings. The van der Waals surface area contributed by atoms with Gasteiger partial charge >= 0.3 is 0 Å². The molecule has 118 valence electrons. The molecule has 0 atom stereocenters. The molecule has 0 saturated heterocycles. The van der Waals surface area contributed by atoms with Gasteiger partial charge < -0.3 is 5.11 Å². The number of phenols is 1. The highest BCUT2D eigenvalue weighted by Gasteiger charge is 2.24. The Hall–Kier alpha value is -0.960. The van der Waals surface area contributed by atoms with Crippen molar-refractivity contribution in [3.8, 4) is 5.75 Å². The van der Waals surface area contributed by atoms with Crippen LogP contribution in [0.1, 0.15) is 58.2 Å². The Morgan fingerprint density at radius 3 is 2.19 bits per heavy atom. The van der Waals surface area contributed by atoms with Crippen molar-refractivity contribution in [1.82, 2.24) is 0 Å². The smallest absolute Gasteiger partial charge is 0.128 e. The molecule has 0 aliphatic rings. The highest BCUT2D eigenvalue weighted by molar-refractivity contribution is 7.98. The normalized spacial score (nSPS) is 13.1. The maximum Gasteiger partial charge on any atom is 0.128 e. The fourth-order valence-electron chi connectivity index (χ4n) is 2.07. The first-order chi connectivity index (χ1) is 9.57. The van der Waals surface area contributed by atoms with E-state index in [9.17, 15) is 5.11 Å². The second-order valence-electron chi connectivity index (χ2n) is 7.49. The quantitative estimate of drug-likeness (QED) is 0.642. The van der Waals surface area contributed by atoms with Crippen LogP contribution in [0.3, 0.4) is 0 Å². The van der Waals surface area contributed by atoms with E-state index in [-0.39, 0.29) is 10.8 Å². The monoisotopic (exact) mass is 307 g/mol. The van der Waals surface area contributed by atoms with Gasteiger partial charge in [-0.3, -0.25) is 4.99 Å². The SMILES string of the molecule is CSCCN=Cc1cc(C(C)(C)C)cc(C(C)(C)C)c1O. The van der Waals surface area contributed by atoms with Crippen molar-refractivity contribution in [3.05, 3.63) is 28.8 Å². The van der Waals surface area contributed by atoms with Gasteiger partial charge in [-0.1, -0.05) is 47.6 Å². The van der Waals surface area contributed by atoms with E-state index in [0.29, 0.717) is 5.75 Å². The number of nitrogens with zero attached hydrogens (tertiary/aromatic N) is 1. The van der Waals surface area contributed by atoms with Crippen LogP contribution in [0.15, 0.2) is 17.1 Å². The molecule has 0 aromatic heterocycles. The molecule has 0 saturated carbocycles. The molecule has 0 radical (unpaired) electrons. The zero-order valence-electron chi connectivity index (χ0n) is 14.4. The van der Waals surface area contributed by atoms with Gasteiger partial charge in [0.1, 0.15) is 5.75 Å². The van der Waals surface area contributed by atoms with Crippen molar-refractivity contribution in [2.45, 2.75) is 52.4 Å². The lowest BCUT2D eigenvalue weighted by Crippen LogP contribution is -2.17. The predicted molar refractivity (Wildman–Crippen MR) is 96.3 cm³/mol. The Morgan fingerprint density at radius 2 is 1.71 bits per heavy atom. The number of thioether (sulfide) groups is 1. The molecule has 0 unspecified atom stereocenters. The highest BCUT2D eigenvalue weighted by Crippen LogP contribution is 2.37. The van der Waals surface area contributed by atoms with Crippen LogP contribution in [0.5, 0.6) is 5.75 Å².